The van der Waals surface area contributed by atoms with Crippen molar-refractivity contribution in [2.75, 3.05) is 12.4 Å². The highest BCUT2D eigenvalue weighted by atomic mass is 16.5. The summed E-state index contributed by atoms with van der Waals surface area (Å²) < 4.78 is 7.98. The van der Waals surface area contributed by atoms with Gasteiger partial charge in [-0.05, 0) is 30.2 Å². The number of benzene rings is 2. The number of nitrogens with zero attached hydrogens (tertiary/aromatic N) is 4. The molecule has 158 valence electrons. The molecular formula is C23H23N5O3. The van der Waals surface area contributed by atoms with Crippen molar-refractivity contribution >= 4 is 22.5 Å². The van der Waals surface area contributed by atoms with Crippen molar-refractivity contribution in [3.63, 3.8) is 0 Å². The molecule has 0 saturated carbocycles. The van der Waals surface area contributed by atoms with Gasteiger partial charge >= 0.3 is 0 Å². The number of ether oxygens (including phenoxy) is 1. The molecule has 2 aromatic carbocycles. The molecule has 4 aromatic rings. The van der Waals surface area contributed by atoms with Crippen LogP contribution >= 0.6 is 0 Å². The molecule has 2 aromatic heterocycles. The van der Waals surface area contributed by atoms with Crippen LogP contribution in [0.4, 0.5) is 5.69 Å². The molecule has 0 aliphatic carbocycles. The van der Waals surface area contributed by atoms with Crippen LogP contribution in [-0.4, -0.2) is 32.6 Å². The first-order valence-corrected chi connectivity index (χ1v) is 9.96. The second-order valence-corrected chi connectivity index (χ2v) is 7.44. The number of amides is 1. The minimum atomic E-state index is -0.374. The molecule has 0 aliphatic heterocycles. The number of anilines is 1. The topological polar surface area (TPSA) is 91.0 Å². The quantitative estimate of drug-likeness (QED) is 0.520. The van der Waals surface area contributed by atoms with Crippen LogP contribution in [0, 0.1) is 0 Å². The van der Waals surface area contributed by atoms with Crippen molar-refractivity contribution in [1.29, 1.82) is 0 Å². The van der Waals surface area contributed by atoms with E-state index in [1.54, 1.807) is 42.3 Å². The van der Waals surface area contributed by atoms with E-state index >= 15 is 0 Å². The maximum atomic E-state index is 13.3. The van der Waals surface area contributed by atoms with Gasteiger partial charge < -0.3 is 10.1 Å². The van der Waals surface area contributed by atoms with Crippen molar-refractivity contribution in [1.82, 2.24) is 19.6 Å². The lowest BCUT2D eigenvalue weighted by Gasteiger charge is -2.12. The molecule has 0 radical (unpaired) electrons. The molecule has 0 atom stereocenters. The SMILES string of the molecule is COc1cccc(NC(=O)Cn2nc(C(C)C)c3cnn(-c4ccccc4)c3c2=O)c1. The third kappa shape index (κ3) is 4.05. The van der Waals surface area contributed by atoms with E-state index in [4.69, 9.17) is 4.74 Å². The molecule has 0 saturated heterocycles. The number of carbonyl (C=O) groups excluding carboxylic acids is 1. The number of methoxy groups -OCH3 is 1. The van der Waals surface area contributed by atoms with Gasteiger partial charge in [-0.3, -0.25) is 9.59 Å². The Labute approximate surface area is 179 Å². The Morgan fingerprint density at radius 3 is 2.61 bits per heavy atom. The minimum absolute atomic E-state index is 0.0456. The molecule has 0 spiro atoms. The molecule has 2 heterocycles. The number of fused-ring (bicyclic) bond motifs is 1. The van der Waals surface area contributed by atoms with E-state index in [1.165, 1.54) is 4.68 Å². The lowest BCUT2D eigenvalue weighted by Crippen LogP contribution is -2.31. The zero-order valence-corrected chi connectivity index (χ0v) is 17.6. The average Bonchev–Trinajstić information content (AvgIpc) is 3.21. The summed E-state index contributed by atoms with van der Waals surface area (Å²) in [5.74, 6) is 0.315. The average molecular weight is 417 g/mol. The Kier molecular flexibility index (Phi) is 5.53. The van der Waals surface area contributed by atoms with E-state index in [-0.39, 0.29) is 23.9 Å². The van der Waals surface area contributed by atoms with Crippen LogP contribution < -0.4 is 15.6 Å². The van der Waals surface area contributed by atoms with E-state index in [1.807, 2.05) is 44.2 Å². The largest absolute Gasteiger partial charge is 0.497 e. The van der Waals surface area contributed by atoms with Crippen molar-refractivity contribution in [2.24, 2.45) is 0 Å². The van der Waals surface area contributed by atoms with Gasteiger partial charge in [0.25, 0.3) is 5.56 Å². The zero-order valence-electron chi connectivity index (χ0n) is 17.6. The lowest BCUT2D eigenvalue weighted by molar-refractivity contribution is -0.117. The second kappa shape index (κ2) is 8.43. The van der Waals surface area contributed by atoms with Crippen LogP contribution in [0.3, 0.4) is 0 Å². The summed E-state index contributed by atoms with van der Waals surface area (Å²) in [5, 5.41) is 12.4. The Balaban J connectivity index is 1.74. The molecule has 0 bridgehead atoms. The Morgan fingerprint density at radius 1 is 1.13 bits per heavy atom. The lowest BCUT2D eigenvalue weighted by atomic mass is 10.1. The van der Waals surface area contributed by atoms with Gasteiger partial charge in [0.1, 0.15) is 17.8 Å². The molecule has 0 aliphatic rings. The van der Waals surface area contributed by atoms with Crippen molar-refractivity contribution in [3.8, 4) is 11.4 Å². The Hall–Kier alpha value is -3.94. The molecule has 1 amide bonds. The van der Waals surface area contributed by atoms with Crippen molar-refractivity contribution in [3.05, 3.63) is 76.8 Å². The number of rotatable bonds is 6. The molecule has 8 heteroatoms. The number of hydrogen-bond acceptors (Lipinski definition) is 5. The van der Waals surface area contributed by atoms with E-state index < -0.39 is 0 Å². The van der Waals surface area contributed by atoms with Gasteiger partial charge in [0.2, 0.25) is 5.91 Å². The number of hydrogen-bond donors (Lipinski definition) is 1. The highest BCUT2D eigenvalue weighted by Crippen LogP contribution is 2.23. The first-order valence-electron chi connectivity index (χ1n) is 9.96. The fraction of sp³-hybridized carbons (Fsp3) is 0.217. The Bertz CT molecular complexity index is 1290. The molecule has 31 heavy (non-hydrogen) atoms. The van der Waals surface area contributed by atoms with Gasteiger partial charge in [-0.2, -0.15) is 10.2 Å². The first kappa shape index (κ1) is 20.3. The first-order chi connectivity index (χ1) is 15.0. The highest BCUT2D eigenvalue weighted by molar-refractivity contribution is 5.91. The summed E-state index contributed by atoms with van der Waals surface area (Å²) in [7, 11) is 1.56. The summed E-state index contributed by atoms with van der Waals surface area (Å²) in [5.41, 5.74) is 2.09. The van der Waals surface area contributed by atoms with Gasteiger partial charge in [-0.25, -0.2) is 9.36 Å². The molecule has 4 rings (SSSR count). The summed E-state index contributed by atoms with van der Waals surface area (Å²) in [4.78, 5) is 26.0. The maximum absolute atomic E-state index is 13.3. The second-order valence-electron chi connectivity index (χ2n) is 7.44. The fourth-order valence-electron chi connectivity index (χ4n) is 3.43. The number of aromatic nitrogens is 4. The summed E-state index contributed by atoms with van der Waals surface area (Å²) in [6.45, 7) is 3.77. The predicted octanol–water partition coefficient (Wildman–Crippen LogP) is 3.35. The van der Waals surface area contributed by atoms with E-state index in [9.17, 15) is 9.59 Å². The van der Waals surface area contributed by atoms with E-state index in [2.05, 4.69) is 15.5 Å². The third-order valence-corrected chi connectivity index (χ3v) is 4.91. The number of para-hydroxylation sites is 1. The van der Waals surface area contributed by atoms with E-state index in [0.717, 1.165) is 5.69 Å². The maximum Gasteiger partial charge on any atom is 0.293 e. The van der Waals surface area contributed by atoms with Gasteiger partial charge in [-0.1, -0.05) is 38.1 Å². The van der Waals surface area contributed by atoms with Gasteiger partial charge in [0.05, 0.1) is 24.7 Å². The summed E-state index contributed by atoms with van der Waals surface area (Å²) >= 11 is 0. The monoisotopic (exact) mass is 417 g/mol. The molecular weight excluding hydrogens is 394 g/mol. The van der Waals surface area contributed by atoms with Crippen LogP contribution in [-0.2, 0) is 11.3 Å². The highest BCUT2D eigenvalue weighted by Gasteiger charge is 2.20. The zero-order chi connectivity index (χ0) is 22.0. The predicted molar refractivity (Wildman–Crippen MR) is 119 cm³/mol. The smallest absolute Gasteiger partial charge is 0.293 e. The van der Waals surface area contributed by atoms with Crippen LogP contribution in [0.2, 0.25) is 0 Å². The number of carbonyl (C=O) groups is 1. The van der Waals surface area contributed by atoms with Crippen LogP contribution in [0.5, 0.6) is 5.75 Å². The van der Waals surface area contributed by atoms with Crippen LogP contribution in [0.15, 0.2) is 65.6 Å². The molecule has 0 fully saturated rings. The van der Waals surface area contributed by atoms with Crippen LogP contribution in [0.1, 0.15) is 25.5 Å². The van der Waals surface area contributed by atoms with Gasteiger partial charge in [0, 0.05) is 17.1 Å². The van der Waals surface area contributed by atoms with Gasteiger partial charge in [-0.15, -0.1) is 0 Å². The third-order valence-electron chi connectivity index (χ3n) is 4.91. The molecule has 8 nitrogen and oxygen atoms in total. The summed E-state index contributed by atoms with van der Waals surface area (Å²) in [6.07, 6.45) is 1.66. The van der Waals surface area contributed by atoms with Crippen LogP contribution in [0.25, 0.3) is 16.6 Å². The van der Waals surface area contributed by atoms with Crippen molar-refractivity contribution in [2.45, 2.75) is 26.3 Å². The molecule has 0 unspecified atom stereocenters. The van der Waals surface area contributed by atoms with Crippen molar-refractivity contribution < 1.29 is 9.53 Å². The summed E-state index contributed by atoms with van der Waals surface area (Å²) in [6, 6.07) is 16.4. The number of nitrogens with one attached hydrogen (secondary N) is 1. The standard InChI is InChI=1S/C23H23N5O3/c1-15(2)21-19-13-24-28(17-9-5-4-6-10-17)22(19)23(30)27(26-21)14-20(29)25-16-8-7-11-18(12-16)31-3/h4-13,15H,14H2,1-3H3,(H,25,29). The van der Waals surface area contributed by atoms with Gasteiger partial charge in [0.15, 0.2) is 0 Å². The van der Waals surface area contributed by atoms with E-state index in [0.29, 0.717) is 28.0 Å². The fourth-order valence-corrected chi connectivity index (χ4v) is 3.43. The molecule has 1 N–H and O–H groups in total. The normalized spacial score (nSPS) is 11.1. The Morgan fingerprint density at radius 2 is 1.90 bits per heavy atom. The minimum Gasteiger partial charge on any atom is -0.497 e.